The van der Waals surface area contributed by atoms with Gasteiger partial charge in [0.05, 0.1) is 11.7 Å². The van der Waals surface area contributed by atoms with E-state index in [-0.39, 0.29) is 6.61 Å². The zero-order chi connectivity index (χ0) is 15.1. The maximum Gasteiger partial charge on any atom is 0.153 e. The average molecular weight is 286 g/mol. The SMILES string of the molecule is CC(O)COc1ccc(OCc2ccccc2)c(C=O)c1. The highest BCUT2D eigenvalue weighted by Crippen LogP contribution is 2.24. The Morgan fingerprint density at radius 2 is 1.90 bits per heavy atom. The van der Waals surface area contributed by atoms with Gasteiger partial charge in [-0.2, -0.15) is 0 Å². The number of aliphatic hydroxyl groups is 1. The molecule has 110 valence electrons. The first-order chi connectivity index (χ1) is 10.2. The lowest BCUT2D eigenvalue weighted by Crippen LogP contribution is -2.12. The number of ether oxygens (including phenoxy) is 2. The first-order valence-corrected chi connectivity index (χ1v) is 6.76. The van der Waals surface area contributed by atoms with Crippen LogP contribution in [0.4, 0.5) is 0 Å². The van der Waals surface area contributed by atoms with E-state index in [4.69, 9.17) is 9.47 Å². The molecular formula is C17H18O4. The second-order valence-corrected chi connectivity index (χ2v) is 4.75. The second kappa shape index (κ2) is 7.45. The Kier molecular flexibility index (Phi) is 5.35. The summed E-state index contributed by atoms with van der Waals surface area (Å²) in [6.45, 7) is 2.22. The van der Waals surface area contributed by atoms with Gasteiger partial charge in [-0.3, -0.25) is 4.79 Å². The highest BCUT2D eigenvalue weighted by Gasteiger charge is 2.07. The van der Waals surface area contributed by atoms with Crippen molar-refractivity contribution in [2.45, 2.75) is 19.6 Å². The van der Waals surface area contributed by atoms with Gasteiger partial charge >= 0.3 is 0 Å². The summed E-state index contributed by atoms with van der Waals surface area (Å²) in [7, 11) is 0. The summed E-state index contributed by atoms with van der Waals surface area (Å²) in [4.78, 5) is 11.1. The lowest BCUT2D eigenvalue weighted by molar-refractivity contribution is 0.111. The zero-order valence-electron chi connectivity index (χ0n) is 11.9. The normalized spacial score (nSPS) is 11.7. The van der Waals surface area contributed by atoms with Crippen molar-refractivity contribution in [3.63, 3.8) is 0 Å². The van der Waals surface area contributed by atoms with Crippen LogP contribution in [0, 0.1) is 0 Å². The van der Waals surface area contributed by atoms with Gasteiger partial charge in [0.2, 0.25) is 0 Å². The molecule has 0 aromatic heterocycles. The van der Waals surface area contributed by atoms with Crippen molar-refractivity contribution in [2.75, 3.05) is 6.61 Å². The molecule has 2 rings (SSSR count). The number of hydrogen-bond donors (Lipinski definition) is 1. The van der Waals surface area contributed by atoms with Crippen LogP contribution in [0.15, 0.2) is 48.5 Å². The zero-order valence-corrected chi connectivity index (χ0v) is 11.9. The molecule has 0 radical (unpaired) electrons. The molecule has 0 saturated carbocycles. The number of aldehydes is 1. The van der Waals surface area contributed by atoms with Crippen LogP contribution in [0.3, 0.4) is 0 Å². The van der Waals surface area contributed by atoms with Gasteiger partial charge in [-0.25, -0.2) is 0 Å². The number of aliphatic hydroxyl groups excluding tert-OH is 1. The third-order valence-corrected chi connectivity index (χ3v) is 2.84. The smallest absolute Gasteiger partial charge is 0.153 e. The number of benzene rings is 2. The Balaban J connectivity index is 2.04. The molecule has 0 heterocycles. The first kappa shape index (κ1) is 15.1. The van der Waals surface area contributed by atoms with Crippen molar-refractivity contribution in [2.24, 2.45) is 0 Å². The van der Waals surface area contributed by atoms with Gasteiger partial charge in [-0.05, 0) is 30.7 Å². The van der Waals surface area contributed by atoms with Crippen molar-refractivity contribution >= 4 is 6.29 Å². The van der Waals surface area contributed by atoms with E-state index in [2.05, 4.69) is 0 Å². The van der Waals surface area contributed by atoms with E-state index >= 15 is 0 Å². The summed E-state index contributed by atoms with van der Waals surface area (Å²) in [6, 6.07) is 14.8. The van der Waals surface area contributed by atoms with E-state index in [9.17, 15) is 9.90 Å². The van der Waals surface area contributed by atoms with Gasteiger partial charge in [-0.1, -0.05) is 30.3 Å². The highest BCUT2D eigenvalue weighted by molar-refractivity contribution is 5.80. The van der Waals surface area contributed by atoms with Gasteiger partial charge in [0.25, 0.3) is 0 Å². The lowest BCUT2D eigenvalue weighted by Gasteiger charge is -2.12. The maximum atomic E-state index is 11.1. The Morgan fingerprint density at radius 3 is 2.57 bits per heavy atom. The molecule has 0 amide bonds. The summed E-state index contributed by atoms with van der Waals surface area (Å²) >= 11 is 0. The Hall–Kier alpha value is -2.33. The summed E-state index contributed by atoms with van der Waals surface area (Å²) in [6.07, 6.45) is 0.175. The van der Waals surface area contributed by atoms with Crippen molar-refractivity contribution in [3.05, 3.63) is 59.7 Å². The fourth-order valence-electron chi connectivity index (χ4n) is 1.79. The predicted molar refractivity (Wildman–Crippen MR) is 79.8 cm³/mol. The summed E-state index contributed by atoms with van der Waals surface area (Å²) in [5.74, 6) is 1.04. The van der Waals surface area contributed by atoms with Crippen molar-refractivity contribution in [1.82, 2.24) is 0 Å². The molecule has 0 aliphatic carbocycles. The van der Waals surface area contributed by atoms with E-state index in [1.54, 1.807) is 25.1 Å². The van der Waals surface area contributed by atoms with Crippen LogP contribution in [0.5, 0.6) is 11.5 Å². The van der Waals surface area contributed by atoms with Crippen LogP contribution in [-0.2, 0) is 6.61 Å². The fraction of sp³-hybridized carbons (Fsp3) is 0.235. The molecule has 0 aliphatic rings. The molecule has 0 saturated heterocycles. The van der Waals surface area contributed by atoms with Gasteiger partial charge < -0.3 is 14.6 Å². The third-order valence-electron chi connectivity index (χ3n) is 2.84. The third kappa shape index (κ3) is 4.61. The molecule has 1 N–H and O–H groups in total. The average Bonchev–Trinajstić information content (AvgIpc) is 2.52. The number of carbonyl (C=O) groups excluding carboxylic acids is 1. The second-order valence-electron chi connectivity index (χ2n) is 4.75. The number of rotatable bonds is 7. The molecular weight excluding hydrogens is 268 g/mol. The number of hydrogen-bond acceptors (Lipinski definition) is 4. The quantitative estimate of drug-likeness (QED) is 0.795. The Morgan fingerprint density at radius 1 is 1.14 bits per heavy atom. The Labute approximate surface area is 123 Å². The molecule has 0 bridgehead atoms. The summed E-state index contributed by atoms with van der Waals surface area (Å²) in [5, 5.41) is 9.19. The molecule has 1 atom stereocenters. The minimum Gasteiger partial charge on any atom is -0.491 e. The Bertz CT molecular complexity index is 579. The van der Waals surface area contributed by atoms with Crippen molar-refractivity contribution in [3.8, 4) is 11.5 Å². The van der Waals surface area contributed by atoms with Crippen molar-refractivity contribution in [1.29, 1.82) is 0 Å². The topological polar surface area (TPSA) is 55.8 Å². The van der Waals surface area contributed by atoms with Crippen molar-refractivity contribution < 1.29 is 19.4 Å². The lowest BCUT2D eigenvalue weighted by atomic mass is 10.2. The van der Waals surface area contributed by atoms with E-state index in [0.717, 1.165) is 11.8 Å². The van der Waals surface area contributed by atoms with Crippen LogP contribution in [0.2, 0.25) is 0 Å². The highest BCUT2D eigenvalue weighted by atomic mass is 16.5. The molecule has 2 aromatic carbocycles. The molecule has 2 aromatic rings. The van der Waals surface area contributed by atoms with Crippen LogP contribution >= 0.6 is 0 Å². The predicted octanol–water partition coefficient (Wildman–Crippen LogP) is 2.84. The maximum absolute atomic E-state index is 11.1. The minimum absolute atomic E-state index is 0.183. The minimum atomic E-state index is -0.557. The summed E-state index contributed by atoms with van der Waals surface area (Å²) < 4.78 is 11.0. The van der Waals surface area contributed by atoms with E-state index in [0.29, 0.717) is 23.7 Å². The molecule has 0 spiro atoms. The summed E-state index contributed by atoms with van der Waals surface area (Å²) in [5.41, 5.74) is 1.46. The molecule has 1 unspecified atom stereocenters. The van der Waals surface area contributed by atoms with Crippen LogP contribution in [0.1, 0.15) is 22.8 Å². The van der Waals surface area contributed by atoms with Gasteiger partial charge in [0.15, 0.2) is 6.29 Å². The van der Waals surface area contributed by atoms with E-state index in [1.165, 1.54) is 0 Å². The van der Waals surface area contributed by atoms with Gasteiger partial charge in [-0.15, -0.1) is 0 Å². The van der Waals surface area contributed by atoms with Crippen LogP contribution < -0.4 is 9.47 Å². The largest absolute Gasteiger partial charge is 0.491 e. The van der Waals surface area contributed by atoms with Crippen LogP contribution in [-0.4, -0.2) is 24.1 Å². The van der Waals surface area contributed by atoms with Gasteiger partial charge in [0, 0.05) is 0 Å². The van der Waals surface area contributed by atoms with Gasteiger partial charge in [0.1, 0.15) is 24.7 Å². The van der Waals surface area contributed by atoms with Crippen LogP contribution in [0.25, 0.3) is 0 Å². The van der Waals surface area contributed by atoms with E-state index < -0.39 is 6.10 Å². The molecule has 0 aliphatic heterocycles. The molecule has 0 fully saturated rings. The fourth-order valence-corrected chi connectivity index (χ4v) is 1.79. The molecule has 4 heteroatoms. The molecule has 21 heavy (non-hydrogen) atoms. The monoisotopic (exact) mass is 286 g/mol. The van der Waals surface area contributed by atoms with E-state index in [1.807, 2.05) is 30.3 Å². The number of carbonyl (C=O) groups is 1. The standard InChI is InChI=1S/C17H18O4/c1-13(19)11-20-16-7-8-17(15(9-16)10-18)21-12-14-5-3-2-4-6-14/h2-10,13,19H,11-12H2,1H3. The molecule has 4 nitrogen and oxygen atoms in total. The first-order valence-electron chi connectivity index (χ1n) is 6.76.